The summed E-state index contributed by atoms with van der Waals surface area (Å²) in [6.07, 6.45) is 4.82. The number of nitrogens with zero attached hydrogens (tertiary/aromatic N) is 1. The highest BCUT2D eigenvalue weighted by Crippen LogP contribution is 2.15. The van der Waals surface area contributed by atoms with Crippen molar-refractivity contribution in [2.24, 2.45) is 0 Å². The molecule has 3 rings (SSSR count). The van der Waals surface area contributed by atoms with Crippen LogP contribution in [-0.2, 0) is 17.8 Å². The van der Waals surface area contributed by atoms with Gasteiger partial charge in [0.2, 0.25) is 0 Å². The first-order valence-electron chi connectivity index (χ1n) is 9.92. The molecular formula is C23H31NO2. The molecule has 1 heterocycles. The van der Waals surface area contributed by atoms with Gasteiger partial charge in [0.1, 0.15) is 12.4 Å². The van der Waals surface area contributed by atoms with Gasteiger partial charge in [0.15, 0.2) is 0 Å². The minimum atomic E-state index is 0.617. The molecule has 2 aromatic rings. The summed E-state index contributed by atoms with van der Waals surface area (Å²) in [5.41, 5.74) is 2.63. The third-order valence-corrected chi connectivity index (χ3v) is 5.05. The van der Waals surface area contributed by atoms with E-state index in [-0.39, 0.29) is 0 Å². The van der Waals surface area contributed by atoms with Crippen molar-refractivity contribution in [2.45, 2.75) is 45.3 Å². The summed E-state index contributed by atoms with van der Waals surface area (Å²) in [7, 11) is 0. The van der Waals surface area contributed by atoms with E-state index >= 15 is 0 Å². The van der Waals surface area contributed by atoms with E-state index in [1.54, 1.807) is 0 Å². The molecule has 1 aliphatic rings. The molecule has 1 atom stereocenters. The Hall–Kier alpha value is -1.84. The van der Waals surface area contributed by atoms with Crippen molar-refractivity contribution in [3.05, 3.63) is 65.7 Å². The van der Waals surface area contributed by atoms with Crippen molar-refractivity contribution in [2.75, 3.05) is 26.3 Å². The molecule has 140 valence electrons. The summed E-state index contributed by atoms with van der Waals surface area (Å²) in [4.78, 5) is 2.62. The van der Waals surface area contributed by atoms with E-state index in [0.29, 0.717) is 12.6 Å². The monoisotopic (exact) mass is 353 g/mol. The first-order chi connectivity index (χ1) is 12.8. The van der Waals surface area contributed by atoms with E-state index in [9.17, 15) is 0 Å². The third kappa shape index (κ3) is 5.86. The fraction of sp³-hybridized carbons (Fsp3) is 0.478. The average Bonchev–Trinajstić information content (AvgIpc) is 2.70. The van der Waals surface area contributed by atoms with Crippen LogP contribution in [0.1, 0.15) is 37.3 Å². The van der Waals surface area contributed by atoms with Crippen LogP contribution in [0.5, 0.6) is 5.75 Å². The Balaban J connectivity index is 1.41. The second-order valence-electron chi connectivity index (χ2n) is 7.08. The van der Waals surface area contributed by atoms with Crippen LogP contribution in [0.3, 0.4) is 0 Å². The van der Waals surface area contributed by atoms with Crippen LogP contribution in [-0.4, -0.2) is 37.2 Å². The molecule has 0 spiro atoms. The van der Waals surface area contributed by atoms with E-state index in [1.807, 2.05) is 30.3 Å². The molecule has 3 heteroatoms. The largest absolute Gasteiger partial charge is 0.489 e. The Labute approximate surface area is 157 Å². The molecule has 1 aliphatic heterocycles. The molecule has 1 fully saturated rings. The molecule has 0 aromatic heterocycles. The minimum absolute atomic E-state index is 0.617. The predicted octanol–water partition coefficient (Wildman–Crippen LogP) is 4.70. The molecular weight excluding hydrogens is 322 g/mol. The standard InChI is InChI=1S/C23H31NO2/c1-2-7-22-19-25-17-16-24(22)15-6-8-20-11-13-21(14-12-20)18-26-23-9-4-3-5-10-23/h3-5,9-14,22H,2,6-8,15-19H2,1H3. The van der Waals surface area contributed by atoms with Crippen LogP contribution in [0, 0.1) is 0 Å². The maximum atomic E-state index is 5.81. The van der Waals surface area contributed by atoms with Gasteiger partial charge in [-0.3, -0.25) is 4.90 Å². The fourth-order valence-corrected chi connectivity index (χ4v) is 3.55. The van der Waals surface area contributed by atoms with Gasteiger partial charge in [-0.15, -0.1) is 0 Å². The van der Waals surface area contributed by atoms with E-state index in [1.165, 1.54) is 36.9 Å². The van der Waals surface area contributed by atoms with Gasteiger partial charge in [-0.1, -0.05) is 55.8 Å². The summed E-state index contributed by atoms with van der Waals surface area (Å²) in [6, 6.07) is 19.5. The quantitative estimate of drug-likeness (QED) is 0.652. The van der Waals surface area contributed by atoms with Crippen LogP contribution in [0.2, 0.25) is 0 Å². The highest BCUT2D eigenvalue weighted by molar-refractivity contribution is 5.24. The molecule has 3 nitrogen and oxygen atoms in total. The molecule has 0 radical (unpaired) electrons. The molecule has 0 saturated carbocycles. The summed E-state index contributed by atoms with van der Waals surface area (Å²) < 4.78 is 11.5. The maximum Gasteiger partial charge on any atom is 0.119 e. The average molecular weight is 354 g/mol. The number of morpholine rings is 1. The number of para-hydroxylation sites is 1. The van der Waals surface area contributed by atoms with Gasteiger partial charge in [0.25, 0.3) is 0 Å². The minimum Gasteiger partial charge on any atom is -0.489 e. The summed E-state index contributed by atoms with van der Waals surface area (Å²) in [5, 5.41) is 0. The van der Waals surface area contributed by atoms with Crippen molar-refractivity contribution >= 4 is 0 Å². The maximum absolute atomic E-state index is 5.81. The molecule has 0 N–H and O–H groups in total. The molecule has 0 bridgehead atoms. The fourth-order valence-electron chi connectivity index (χ4n) is 3.55. The lowest BCUT2D eigenvalue weighted by Gasteiger charge is -2.35. The highest BCUT2D eigenvalue weighted by Gasteiger charge is 2.21. The number of ether oxygens (including phenoxy) is 2. The zero-order chi connectivity index (χ0) is 18.0. The van der Waals surface area contributed by atoms with Crippen LogP contribution in [0.15, 0.2) is 54.6 Å². The summed E-state index contributed by atoms with van der Waals surface area (Å²) >= 11 is 0. The van der Waals surface area contributed by atoms with Gasteiger partial charge in [0, 0.05) is 12.6 Å². The van der Waals surface area contributed by atoms with Gasteiger partial charge >= 0.3 is 0 Å². The van der Waals surface area contributed by atoms with Gasteiger partial charge in [-0.2, -0.15) is 0 Å². The van der Waals surface area contributed by atoms with Crippen molar-refractivity contribution in [1.29, 1.82) is 0 Å². The highest BCUT2D eigenvalue weighted by atomic mass is 16.5. The van der Waals surface area contributed by atoms with Crippen LogP contribution in [0.4, 0.5) is 0 Å². The SMILES string of the molecule is CCCC1COCCN1CCCc1ccc(COc2ccccc2)cc1. The zero-order valence-corrected chi connectivity index (χ0v) is 15.9. The number of rotatable bonds is 9. The molecule has 0 amide bonds. The lowest BCUT2D eigenvalue weighted by molar-refractivity contribution is -0.0108. The number of hydrogen-bond acceptors (Lipinski definition) is 3. The van der Waals surface area contributed by atoms with Gasteiger partial charge in [0.05, 0.1) is 13.2 Å². The smallest absolute Gasteiger partial charge is 0.119 e. The lowest BCUT2D eigenvalue weighted by atomic mass is 10.1. The Morgan fingerprint density at radius 3 is 2.58 bits per heavy atom. The normalized spacial score (nSPS) is 18.0. The van der Waals surface area contributed by atoms with Crippen LogP contribution in [0.25, 0.3) is 0 Å². The van der Waals surface area contributed by atoms with Crippen molar-refractivity contribution in [3.8, 4) is 5.75 Å². The Kier molecular flexibility index (Phi) is 7.53. The first kappa shape index (κ1) is 18.9. The van der Waals surface area contributed by atoms with Crippen LogP contribution < -0.4 is 4.74 Å². The van der Waals surface area contributed by atoms with Gasteiger partial charge in [-0.25, -0.2) is 0 Å². The molecule has 0 aliphatic carbocycles. The van der Waals surface area contributed by atoms with E-state index in [4.69, 9.17) is 9.47 Å². The summed E-state index contributed by atoms with van der Waals surface area (Å²) in [5.74, 6) is 0.920. The van der Waals surface area contributed by atoms with Crippen molar-refractivity contribution < 1.29 is 9.47 Å². The molecule has 1 saturated heterocycles. The molecule has 2 aromatic carbocycles. The third-order valence-electron chi connectivity index (χ3n) is 5.05. The Morgan fingerprint density at radius 2 is 1.81 bits per heavy atom. The lowest BCUT2D eigenvalue weighted by Crippen LogP contribution is -2.45. The summed E-state index contributed by atoms with van der Waals surface area (Å²) in [6.45, 7) is 6.93. The zero-order valence-electron chi connectivity index (χ0n) is 15.9. The van der Waals surface area contributed by atoms with E-state index in [2.05, 4.69) is 36.1 Å². The van der Waals surface area contributed by atoms with Crippen LogP contribution >= 0.6 is 0 Å². The van der Waals surface area contributed by atoms with E-state index < -0.39 is 0 Å². The topological polar surface area (TPSA) is 21.7 Å². The second kappa shape index (κ2) is 10.3. The molecule has 26 heavy (non-hydrogen) atoms. The number of benzene rings is 2. The number of hydrogen-bond donors (Lipinski definition) is 0. The second-order valence-corrected chi connectivity index (χ2v) is 7.08. The van der Waals surface area contributed by atoms with E-state index in [0.717, 1.165) is 31.9 Å². The van der Waals surface area contributed by atoms with Crippen molar-refractivity contribution in [3.63, 3.8) is 0 Å². The van der Waals surface area contributed by atoms with Gasteiger partial charge < -0.3 is 9.47 Å². The van der Waals surface area contributed by atoms with Gasteiger partial charge in [-0.05, 0) is 49.1 Å². The Morgan fingerprint density at radius 1 is 1.04 bits per heavy atom. The Bertz CT molecular complexity index is 624. The predicted molar refractivity (Wildman–Crippen MR) is 107 cm³/mol. The van der Waals surface area contributed by atoms with Crippen molar-refractivity contribution in [1.82, 2.24) is 4.90 Å². The number of aryl methyl sites for hydroxylation is 1. The first-order valence-corrected chi connectivity index (χ1v) is 9.92. The molecule has 1 unspecified atom stereocenters.